The molecule has 1 unspecified atom stereocenters. The Kier molecular flexibility index (Phi) is 3.74. The number of anilines is 1. The van der Waals surface area contributed by atoms with Crippen LogP contribution in [0.15, 0.2) is 57.8 Å². The lowest BCUT2D eigenvalue weighted by atomic mass is 10.2. The average Bonchev–Trinajstić information content (AvgIpc) is 3.36. The number of rotatable bonds is 4. The molecule has 3 aromatic rings. The van der Waals surface area contributed by atoms with Crippen LogP contribution in [-0.2, 0) is 0 Å². The minimum Gasteiger partial charge on any atom is -0.461 e. The second-order valence-electron chi connectivity index (χ2n) is 5.65. The standard InChI is InChI=1S/C17H16N4O3/c22-17(13-10-15(24-20-13)14-4-3-9-23-14)19-12-6-8-21(11-12)16-5-1-2-7-18-16/h1-5,7,9-10,12H,6,8,11H2,(H,19,22). The molecule has 7 nitrogen and oxygen atoms in total. The number of carbonyl (C=O) groups excluding carboxylic acids is 1. The lowest BCUT2D eigenvalue weighted by molar-refractivity contribution is 0.0931. The van der Waals surface area contributed by atoms with Crippen LogP contribution in [0.4, 0.5) is 5.82 Å². The number of nitrogens with zero attached hydrogens (tertiary/aromatic N) is 3. The van der Waals surface area contributed by atoms with E-state index in [4.69, 9.17) is 8.94 Å². The van der Waals surface area contributed by atoms with E-state index >= 15 is 0 Å². The molecule has 122 valence electrons. The molecule has 1 saturated heterocycles. The Balaban J connectivity index is 1.39. The highest BCUT2D eigenvalue weighted by Crippen LogP contribution is 2.21. The van der Waals surface area contributed by atoms with Gasteiger partial charge in [-0.3, -0.25) is 4.79 Å². The number of amides is 1. The summed E-state index contributed by atoms with van der Waals surface area (Å²) in [5, 5.41) is 6.81. The van der Waals surface area contributed by atoms with Gasteiger partial charge in [0, 0.05) is 31.4 Å². The van der Waals surface area contributed by atoms with Gasteiger partial charge in [0.1, 0.15) is 5.82 Å². The van der Waals surface area contributed by atoms with Crippen molar-refractivity contribution in [2.45, 2.75) is 12.5 Å². The molecule has 1 N–H and O–H groups in total. The molecule has 1 aliphatic heterocycles. The number of carbonyl (C=O) groups is 1. The topological polar surface area (TPSA) is 84.4 Å². The first-order chi connectivity index (χ1) is 11.8. The number of aromatic nitrogens is 2. The van der Waals surface area contributed by atoms with Crippen molar-refractivity contribution in [1.29, 1.82) is 0 Å². The van der Waals surface area contributed by atoms with Crippen LogP contribution in [0.3, 0.4) is 0 Å². The number of nitrogens with one attached hydrogen (secondary N) is 1. The second-order valence-corrected chi connectivity index (χ2v) is 5.65. The predicted octanol–water partition coefficient (Wildman–Crippen LogP) is 2.34. The van der Waals surface area contributed by atoms with E-state index in [0.717, 1.165) is 25.3 Å². The van der Waals surface area contributed by atoms with Gasteiger partial charge in [-0.15, -0.1) is 0 Å². The predicted molar refractivity (Wildman–Crippen MR) is 86.5 cm³/mol. The summed E-state index contributed by atoms with van der Waals surface area (Å²) in [6.07, 6.45) is 4.18. The molecule has 0 saturated carbocycles. The van der Waals surface area contributed by atoms with Gasteiger partial charge in [-0.1, -0.05) is 11.2 Å². The molecule has 1 aliphatic rings. The van der Waals surface area contributed by atoms with Crippen molar-refractivity contribution >= 4 is 11.7 Å². The van der Waals surface area contributed by atoms with E-state index in [1.165, 1.54) is 0 Å². The third-order valence-electron chi connectivity index (χ3n) is 4.00. The van der Waals surface area contributed by atoms with E-state index in [1.807, 2.05) is 18.2 Å². The van der Waals surface area contributed by atoms with Gasteiger partial charge in [0.2, 0.25) is 5.76 Å². The fourth-order valence-corrected chi connectivity index (χ4v) is 2.80. The van der Waals surface area contributed by atoms with Crippen LogP contribution in [0.25, 0.3) is 11.5 Å². The smallest absolute Gasteiger partial charge is 0.273 e. The molecule has 0 aliphatic carbocycles. The van der Waals surface area contributed by atoms with Crippen molar-refractivity contribution in [2.24, 2.45) is 0 Å². The number of furan rings is 1. The van der Waals surface area contributed by atoms with Crippen LogP contribution in [-0.4, -0.2) is 35.2 Å². The van der Waals surface area contributed by atoms with E-state index in [2.05, 4.69) is 20.4 Å². The molecule has 7 heteroatoms. The van der Waals surface area contributed by atoms with Gasteiger partial charge in [0.05, 0.1) is 6.26 Å². The zero-order chi connectivity index (χ0) is 16.4. The van der Waals surface area contributed by atoms with Crippen molar-refractivity contribution in [3.05, 3.63) is 54.6 Å². The second kappa shape index (κ2) is 6.19. The van der Waals surface area contributed by atoms with Crippen molar-refractivity contribution in [1.82, 2.24) is 15.5 Å². The van der Waals surface area contributed by atoms with Crippen molar-refractivity contribution in [3.8, 4) is 11.5 Å². The Morgan fingerprint density at radius 1 is 1.25 bits per heavy atom. The largest absolute Gasteiger partial charge is 0.461 e. The average molecular weight is 324 g/mol. The van der Waals surface area contributed by atoms with Crippen LogP contribution in [0.1, 0.15) is 16.9 Å². The van der Waals surface area contributed by atoms with E-state index in [0.29, 0.717) is 11.5 Å². The molecule has 0 spiro atoms. The lowest BCUT2D eigenvalue weighted by Crippen LogP contribution is -2.37. The van der Waals surface area contributed by atoms with Gasteiger partial charge in [-0.2, -0.15) is 0 Å². The van der Waals surface area contributed by atoms with Gasteiger partial charge in [-0.05, 0) is 30.7 Å². The highest BCUT2D eigenvalue weighted by Gasteiger charge is 2.26. The molecular formula is C17H16N4O3. The Labute approximate surface area is 138 Å². The minimum absolute atomic E-state index is 0.0586. The normalized spacial score (nSPS) is 17.2. The first kappa shape index (κ1) is 14.5. The third-order valence-corrected chi connectivity index (χ3v) is 4.00. The van der Waals surface area contributed by atoms with E-state index in [-0.39, 0.29) is 17.6 Å². The maximum absolute atomic E-state index is 12.3. The van der Waals surface area contributed by atoms with Gasteiger partial charge in [0.15, 0.2) is 11.5 Å². The van der Waals surface area contributed by atoms with Gasteiger partial charge >= 0.3 is 0 Å². The summed E-state index contributed by atoms with van der Waals surface area (Å²) in [6.45, 7) is 1.59. The highest BCUT2D eigenvalue weighted by atomic mass is 16.5. The molecule has 3 aromatic heterocycles. The van der Waals surface area contributed by atoms with Gasteiger partial charge in [-0.25, -0.2) is 4.98 Å². The van der Waals surface area contributed by atoms with Crippen molar-refractivity contribution in [2.75, 3.05) is 18.0 Å². The third kappa shape index (κ3) is 2.88. The molecule has 4 heterocycles. The summed E-state index contributed by atoms with van der Waals surface area (Å²) >= 11 is 0. The summed E-state index contributed by atoms with van der Waals surface area (Å²) in [6, 6.07) is 11.0. The van der Waals surface area contributed by atoms with E-state index < -0.39 is 0 Å². The maximum atomic E-state index is 12.3. The molecule has 1 amide bonds. The number of hydrogen-bond donors (Lipinski definition) is 1. The SMILES string of the molecule is O=C(NC1CCN(c2ccccn2)C1)c1cc(-c2ccco2)on1. The summed E-state index contributed by atoms with van der Waals surface area (Å²) < 4.78 is 10.4. The fourth-order valence-electron chi connectivity index (χ4n) is 2.80. The summed E-state index contributed by atoms with van der Waals surface area (Å²) in [7, 11) is 0. The fraction of sp³-hybridized carbons (Fsp3) is 0.235. The highest BCUT2D eigenvalue weighted by molar-refractivity contribution is 5.93. The van der Waals surface area contributed by atoms with Gasteiger partial charge < -0.3 is 19.2 Å². The molecule has 0 radical (unpaired) electrons. The quantitative estimate of drug-likeness (QED) is 0.793. The Hall–Kier alpha value is -3.09. The molecular weight excluding hydrogens is 308 g/mol. The first-order valence-corrected chi connectivity index (χ1v) is 7.77. The molecule has 0 aromatic carbocycles. The molecule has 1 fully saturated rings. The monoisotopic (exact) mass is 324 g/mol. The van der Waals surface area contributed by atoms with Crippen LogP contribution in [0.2, 0.25) is 0 Å². The molecule has 24 heavy (non-hydrogen) atoms. The Morgan fingerprint density at radius 2 is 2.21 bits per heavy atom. The number of pyridine rings is 1. The number of hydrogen-bond acceptors (Lipinski definition) is 6. The van der Waals surface area contributed by atoms with Crippen molar-refractivity contribution in [3.63, 3.8) is 0 Å². The lowest BCUT2D eigenvalue weighted by Gasteiger charge is -2.17. The maximum Gasteiger partial charge on any atom is 0.273 e. The zero-order valence-electron chi connectivity index (χ0n) is 12.9. The Bertz CT molecular complexity index is 814. The minimum atomic E-state index is -0.246. The molecule has 0 bridgehead atoms. The summed E-state index contributed by atoms with van der Waals surface area (Å²) in [5.74, 6) is 1.66. The van der Waals surface area contributed by atoms with E-state index in [1.54, 1.807) is 30.7 Å². The Morgan fingerprint density at radius 3 is 3.00 bits per heavy atom. The first-order valence-electron chi connectivity index (χ1n) is 7.77. The van der Waals surface area contributed by atoms with Crippen LogP contribution in [0.5, 0.6) is 0 Å². The van der Waals surface area contributed by atoms with Crippen LogP contribution >= 0.6 is 0 Å². The van der Waals surface area contributed by atoms with Crippen LogP contribution < -0.4 is 10.2 Å². The summed E-state index contributed by atoms with van der Waals surface area (Å²) in [4.78, 5) is 18.8. The molecule has 4 rings (SSSR count). The zero-order valence-corrected chi connectivity index (χ0v) is 12.9. The van der Waals surface area contributed by atoms with Crippen molar-refractivity contribution < 1.29 is 13.7 Å². The van der Waals surface area contributed by atoms with Crippen LogP contribution in [0, 0.1) is 0 Å². The summed E-state index contributed by atoms with van der Waals surface area (Å²) in [5.41, 5.74) is 0.248. The molecule has 1 atom stereocenters. The van der Waals surface area contributed by atoms with Gasteiger partial charge in [0.25, 0.3) is 5.91 Å². The van der Waals surface area contributed by atoms with E-state index in [9.17, 15) is 4.79 Å².